The van der Waals surface area contributed by atoms with E-state index in [0.29, 0.717) is 12.1 Å². The quantitative estimate of drug-likeness (QED) is 0.752. The van der Waals surface area contributed by atoms with Crippen LogP contribution in [0, 0.1) is 0 Å². The molecule has 6 nitrogen and oxygen atoms in total. The van der Waals surface area contributed by atoms with Crippen molar-refractivity contribution in [2.24, 2.45) is 5.73 Å². The molecule has 0 radical (unpaired) electrons. The maximum atomic E-state index is 11.3. The normalized spacial score (nSPS) is 19.1. The molecule has 1 unspecified atom stereocenters. The second kappa shape index (κ2) is 4.01. The van der Waals surface area contributed by atoms with Crippen LogP contribution in [0.3, 0.4) is 0 Å². The van der Waals surface area contributed by atoms with Crippen LogP contribution in [0.4, 0.5) is 5.69 Å². The molecular weight excluding hydrogens is 242 g/mol. The van der Waals surface area contributed by atoms with Crippen molar-refractivity contribution >= 4 is 21.6 Å². The fourth-order valence-electron chi connectivity index (χ4n) is 1.91. The molecule has 1 aliphatic heterocycles. The van der Waals surface area contributed by atoms with E-state index >= 15 is 0 Å². The number of para-hydroxylation sites is 1. The molecule has 1 aliphatic rings. The second-order valence-electron chi connectivity index (χ2n) is 3.98. The zero-order valence-electron chi connectivity index (χ0n) is 9.25. The summed E-state index contributed by atoms with van der Waals surface area (Å²) in [6.07, 6.45) is 1.44. The Hall–Kier alpha value is -1.60. The van der Waals surface area contributed by atoms with Crippen LogP contribution < -0.4 is 15.6 Å². The molecule has 1 heterocycles. The highest BCUT2D eigenvalue weighted by Crippen LogP contribution is 2.30. The minimum absolute atomic E-state index is 0.411. The van der Waals surface area contributed by atoms with Crippen LogP contribution in [0.15, 0.2) is 24.3 Å². The molecule has 17 heavy (non-hydrogen) atoms. The number of amides is 1. The van der Waals surface area contributed by atoms with Crippen LogP contribution in [0.5, 0.6) is 0 Å². The molecule has 1 aromatic carbocycles. The zero-order valence-corrected chi connectivity index (χ0v) is 10.1. The van der Waals surface area contributed by atoms with E-state index in [1.54, 1.807) is 12.1 Å². The molecule has 3 N–H and O–H groups in total. The van der Waals surface area contributed by atoms with Crippen molar-refractivity contribution in [3.8, 4) is 0 Å². The van der Waals surface area contributed by atoms with Gasteiger partial charge in [0.25, 0.3) is 0 Å². The van der Waals surface area contributed by atoms with Crippen LogP contribution >= 0.6 is 0 Å². The van der Waals surface area contributed by atoms with Crippen LogP contribution in [-0.2, 0) is 21.2 Å². The van der Waals surface area contributed by atoms with E-state index in [0.717, 1.165) is 11.8 Å². The van der Waals surface area contributed by atoms with E-state index < -0.39 is 22.0 Å². The van der Waals surface area contributed by atoms with Gasteiger partial charge in [0.2, 0.25) is 15.9 Å². The highest BCUT2D eigenvalue weighted by molar-refractivity contribution is 7.88. The highest BCUT2D eigenvalue weighted by Gasteiger charge is 2.34. The topological polar surface area (TPSA) is 92.5 Å². The number of nitrogens with two attached hydrogens (primary N) is 1. The molecule has 0 aliphatic carbocycles. The van der Waals surface area contributed by atoms with Gasteiger partial charge in [-0.25, -0.2) is 8.42 Å². The Morgan fingerprint density at radius 3 is 2.71 bits per heavy atom. The molecule has 0 saturated carbocycles. The number of carbonyl (C=O) groups is 1. The Kier molecular flexibility index (Phi) is 2.80. The van der Waals surface area contributed by atoms with Crippen LogP contribution in [0.1, 0.15) is 5.56 Å². The minimum Gasteiger partial charge on any atom is -0.368 e. The average Bonchev–Trinajstić information content (AvgIpc) is 2.55. The summed E-state index contributed by atoms with van der Waals surface area (Å²) in [6.45, 7) is 0. The summed E-state index contributed by atoms with van der Waals surface area (Å²) in [5.74, 6) is -0.558. The van der Waals surface area contributed by atoms with Crippen molar-refractivity contribution in [1.29, 1.82) is 0 Å². The van der Waals surface area contributed by atoms with Gasteiger partial charge in [-0.3, -0.25) is 9.80 Å². The molecule has 0 fully saturated rings. The third-order valence-corrected chi connectivity index (χ3v) is 3.10. The lowest BCUT2D eigenvalue weighted by Gasteiger charge is -2.24. The fourth-order valence-corrected chi connectivity index (χ4v) is 2.49. The number of sulfonamides is 1. The smallest absolute Gasteiger partial charge is 0.242 e. The van der Waals surface area contributed by atoms with E-state index in [4.69, 9.17) is 5.73 Å². The SMILES string of the molecule is CS(=O)(=O)NN1c2ccccc2CC1C(N)=O. The Morgan fingerprint density at radius 1 is 1.47 bits per heavy atom. The second-order valence-corrected chi connectivity index (χ2v) is 5.71. The standard InChI is InChI=1S/C10H13N3O3S/c1-17(15,16)12-13-8-5-3-2-4-7(8)6-9(13)10(11)14/h2-5,9,12H,6H2,1H3,(H2,11,14). The number of hydrogen-bond acceptors (Lipinski definition) is 4. The summed E-state index contributed by atoms with van der Waals surface area (Å²) in [4.78, 5) is 13.6. The average molecular weight is 255 g/mol. The summed E-state index contributed by atoms with van der Waals surface area (Å²) in [7, 11) is -3.45. The van der Waals surface area contributed by atoms with Crippen molar-refractivity contribution in [2.75, 3.05) is 11.3 Å². The molecule has 0 saturated heterocycles. The van der Waals surface area contributed by atoms with Crippen LogP contribution in [-0.4, -0.2) is 26.6 Å². The number of benzene rings is 1. The molecule has 2 rings (SSSR count). The number of primary amides is 1. The Balaban J connectivity index is 2.40. The zero-order chi connectivity index (χ0) is 12.6. The largest absolute Gasteiger partial charge is 0.368 e. The lowest BCUT2D eigenvalue weighted by Crippen LogP contribution is -2.51. The number of fused-ring (bicyclic) bond motifs is 1. The van der Waals surface area contributed by atoms with Gasteiger partial charge in [0.1, 0.15) is 6.04 Å². The summed E-state index contributed by atoms with van der Waals surface area (Å²) in [6, 6.07) is 6.52. The highest BCUT2D eigenvalue weighted by atomic mass is 32.2. The van der Waals surface area contributed by atoms with E-state index in [-0.39, 0.29) is 0 Å². The number of anilines is 1. The molecule has 1 amide bonds. The summed E-state index contributed by atoms with van der Waals surface area (Å²) in [5, 5.41) is 1.31. The van der Waals surface area contributed by atoms with Gasteiger partial charge >= 0.3 is 0 Å². The van der Waals surface area contributed by atoms with Crippen molar-refractivity contribution in [3.63, 3.8) is 0 Å². The maximum absolute atomic E-state index is 11.3. The van der Waals surface area contributed by atoms with E-state index in [2.05, 4.69) is 4.83 Å². The summed E-state index contributed by atoms with van der Waals surface area (Å²) < 4.78 is 22.5. The van der Waals surface area contributed by atoms with Gasteiger partial charge in [-0.2, -0.15) is 0 Å². The first kappa shape index (κ1) is 11.9. The molecule has 0 aromatic heterocycles. The van der Waals surface area contributed by atoms with Crippen molar-refractivity contribution in [2.45, 2.75) is 12.5 Å². The summed E-state index contributed by atoms with van der Waals surface area (Å²) in [5.41, 5.74) is 6.84. The molecule has 0 spiro atoms. The Labute approximate surface area is 99.4 Å². The molecule has 1 aromatic rings. The van der Waals surface area contributed by atoms with Gasteiger partial charge < -0.3 is 5.73 Å². The van der Waals surface area contributed by atoms with Gasteiger partial charge in [-0.05, 0) is 11.6 Å². The molecule has 92 valence electrons. The van der Waals surface area contributed by atoms with Crippen LogP contribution in [0.2, 0.25) is 0 Å². The lowest BCUT2D eigenvalue weighted by molar-refractivity contribution is -0.119. The number of carbonyl (C=O) groups excluding carboxylic acids is 1. The van der Waals surface area contributed by atoms with E-state index in [1.165, 1.54) is 5.01 Å². The number of nitrogens with zero attached hydrogens (tertiary/aromatic N) is 1. The van der Waals surface area contributed by atoms with E-state index in [1.807, 2.05) is 12.1 Å². The Morgan fingerprint density at radius 2 is 2.12 bits per heavy atom. The Bertz CT molecular complexity index is 556. The van der Waals surface area contributed by atoms with Gasteiger partial charge in [0.05, 0.1) is 11.9 Å². The summed E-state index contributed by atoms with van der Waals surface area (Å²) >= 11 is 0. The molecular formula is C10H13N3O3S. The predicted octanol–water partition coefficient (Wildman–Crippen LogP) is -0.633. The first-order valence-electron chi connectivity index (χ1n) is 5.02. The van der Waals surface area contributed by atoms with Crippen molar-refractivity contribution < 1.29 is 13.2 Å². The van der Waals surface area contributed by atoms with Gasteiger partial charge in [0, 0.05) is 6.42 Å². The van der Waals surface area contributed by atoms with E-state index in [9.17, 15) is 13.2 Å². The minimum atomic E-state index is -3.45. The number of hydrogen-bond donors (Lipinski definition) is 2. The third-order valence-electron chi connectivity index (χ3n) is 2.57. The molecule has 7 heteroatoms. The first-order valence-corrected chi connectivity index (χ1v) is 6.91. The number of hydrazine groups is 1. The van der Waals surface area contributed by atoms with Gasteiger partial charge in [0.15, 0.2) is 0 Å². The van der Waals surface area contributed by atoms with Gasteiger partial charge in [-0.15, -0.1) is 4.83 Å². The lowest BCUT2D eigenvalue weighted by atomic mass is 10.1. The van der Waals surface area contributed by atoms with Crippen molar-refractivity contribution in [3.05, 3.63) is 29.8 Å². The van der Waals surface area contributed by atoms with Crippen LogP contribution in [0.25, 0.3) is 0 Å². The monoisotopic (exact) mass is 255 g/mol. The fraction of sp³-hybridized carbons (Fsp3) is 0.300. The number of rotatable bonds is 3. The first-order chi connectivity index (χ1) is 7.88. The third kappa shape index (κ3) is 2.40. The molecule has 0 bridgehead atoms. The molecule has 1 atom stereocenters. The van der Waals surface area contributed by atoms with Gasteiger partial charge in [-0.1, -0.05) is 18.2 Å². The predicted molar refractivity (Wildman–Crippen MR) is 63.6 cm³/mol. The van der Waals surface area contributed by atoms with Crippen molar-refractivity contribution in [1.82, 2.24) is 4.83 Å². The maximum Gasteiger partial charge on any atom is 0.242 e. The number of nitrogens with one attached hydrogen (secondary N) is 1.